The Kier molecular flexibility index (Phi) is 1.98. The molecule has 2 N–H and O–H groups in total. The summed E-state index contributed by atoms with van der Waals surface area (Å²) in [5, 5.41) is 4.72. The van der Waals surface area contributed by atoms with E-state index in [0.29, 0.717) is 0 Å². The second-order valence-corrected chi connectivity index (χ2v) is 4.02. The minimum atomic E-state index is 0.752. The average molecular weight is 184 g/mol. The summed E-state index contributed by atoms with van der Waals surface area (Å²) in [6.45, 7) is 0.840. The number of hydrogen-bond acceptors (Lipinski definition) is 5. The molecule has 1 aromatic heterocycles. The van der Waals surface area contributed by atoms with Gasteiger partial charge in [0, 0.05) is 24.1 Å². The first-order valence-corrected chi connectivity index (χ1v) is 4.81. The monoisotopic (exact) mass is 184 g/mol. The van der Waals surface area contributed by atoms with Crippen LogP contribution in [-0.4, -0.2) is 27.6 Å². The molecule has 1 saturated carbocycles. The van der Waals surface area contributed by atoms with Crippen LogP contribution in [0, 0.1) is 0 Å². The van der Waals surface area contributed by atoms with E-state index in [1.807, 2.05) is 0 Å². The number of rotatable bonds is 3. The third-order valence-corrected chi connectivity index (χ3v) is 2.75. The third-order valence-electron chi connectivity index (χ3n) is 2.15. The van der Waals surface area contributed by atoms with Gasteiger partial charge in [0.25, 0.3) is 0 Å². The molecule has 12 heavy (non-hydrogen) atoms. The summed E-state index contributed by atoms with van der Waals surface area (Å²) in [4.78, 5) is 2.28. The fraction of sp³-hybridized carbons (Fsp3) is 0.714. The van der Waals surface area contributed by atoms with E-state index >= 15 is 0 Å². The first kappa shape index (κ1) is 7.94. The molecular weight excluding hydrogens is 172 g/mol. The smallest absolute Gasteiger partial charge is 0.132 e. The fourth-order valence-corrected chi connectivity index (χ4v) is 1.64. The molecule has 0 amide bonds. The summed E-state index contributed by atoms with van der Waals surface area (Å²) in [7, 11) is 2.11. The Hall–Kier alpha value is -0.680. The van der Waals surface area contributed by atoms with Gasteiger partial charge >= 0.3 is 0 Å². The van der Waals surface area contributed by atoms with Gasteiger partial charge in [0.15, 0.2) is 0 Å². The number of nitrogens with zero attached hydrogens (tertiary/aromatic N) is 3. The van der Waals surface area contributed by atoms with E-state index in [1.165, 1.54) is 24.4 Å². The Balaban J connectivity index is 1.97. The van der Waals surface area contributed by atoms with Crippen LogP contribution in [0.15, 0.2) is 0 Å². The average Bonchev–Trinajstić information content (AvgIpc) is 2.80. The lowest BCUT2D eigenvalue weighted by molar-refractivity contribution is 0.313. The molecule has 0 bridgehead atoms. The first-order chi connectivity index (χ1) is 5.77. The highest BCUT2D eigenvalue weighted by molar-refractivity contribution is 7.09. The van der Waals surface area contributed by atoms with Crippen molar-refractivity contribution in [3.05, 3.63) is 5.69 Å². The molecule has 0 radical (unpaired) electrons. The lowest BCUT2D eigenvalue weighted by atomic mass is 10.4. The number of nitrogens with two attached hydrogens (primary N) is 1. The second kappa shape index (κ2) is 2.99. The summed E-state index contributed by atoms with van der Waals surface area (Å²) in [5.74, 6) is 0. The summed E-state index contributed by atoms with van der Waals surface area (Å²) in [6.07, 6.45) is 2.63. The highest BCUT2D eigenvalue weighted by atomic mass is 32.1. The van der Waals surface area contributed by atoms with Gasteiger partial charge in [0.05, 0.1) is 0 Å². The molecule has 66 valence electrons. The molecule has 0 saturated heterocycles. The van der Waals surface area contributed by atoms with E-state index in [4.69, 9.17) is 5.73 Å². The molecule has 0 aliphatic heterocycles. The Morgan fingerprint density at radius 1 is 1.67 bits per heavy atom. The van der Waals surface area contributed by atoms with Crippen molar-refractivity contribution in [2.75, 3.05) is 12.8 Å². The predicted octanol–water partition coefficient (Wildman–Crippen LogP) is 0.714. The third kappa shape index (κ3) is 1.56. The van der Waals surface area contributed by atoms with Gasteiger partial charge < -0.3 is 5.73 Å². The van der Waals surface area contributed by atoms with E-state index in [9.17, 15) is 0 Å². The molecule has 0 aromatic carbocycles. The van der Waals surface area contributed by atoms with E-state index in [2.05, 4.69) is 21.5 Å². The van der Waals surface area contributed by atoms with Gasteiger partial charge in [-0.1, -0.05) is 4.49 Å². The minimum Gasteiger partial charge on any atom is -0.388 e. The van der Waals surface area contributed by atoms with Crippen LogP contribution in [0.4, 0.5) is 5.00 Å². The van der Waals surface area contributed by atoms with Crippen molar-refractivity contribution in [3.63, 3.8) is 0 Å². The Morgan fingerprint density at radius 3 is 2.92 bits per heavy atom. The number of aromatic nitrogens is 2. The molecule has 1 heterocycles. The summed E-state index contributed by atoms with van der Waals surface area (Å²) in [5.41, 5.74) is 6.60. The molecule has 2 rings (SSSR count). The van der Waals surface area contributed by atoms with Crippen molar-refractivity contribution in [1.82, 2.24) is 14.5 Å². The van der Waals surface area contributed by atoms with Gasteiger partial charge in [-0.3, -0.25) is 4.90 Å². The standard InChI is InChI=1S/C7H12N4S/c1-11(5-2-3-5)4-6-7(8)12-10-9-6/h5H,2-4,8H2,1H3. The molecule has 0 unspecified atom stereocenters. The predicted molar refractivity (Wildman–Crippen MR) is 48.8 cm³/mol. The number of hydrogen-bond donors (Lipinski definition) is 1. The van der Waals surface area contributed by atoms with Gasteiger partial charge in [-0.2, -0.15) is 0 Å². The van der Waals surface area contributed by atoms with Crippen LogP contribution in [0.5, 0.6) is 0 Å². The van der Waals surface area contributed by atoms with Gasteiger partial charge in [-0.15, -0.1) is 5.10 Å². The molecular formula is C7H12N4S. The molecule has 4 nitrogen and oxygen atoms in total. The highest BCUT2D eigenvalue weighted by Gasteiger charge is 2.26. The zero-order valence-corrected chi connectivity index (χ0v) is 7.84. The van der Waals surface area contributed by atoms with Crippen molar-refractivity contribution in [2.45, 2.75) is 25.4 Å². The highest BCUT2D eigenvalue weighted by Crippen LogP contribution is 2.27. The summed E-state index contributed by atoms with van der Waals surface area (Å²) >= 11 is 1.27. The fourth-order valence-electron chi connectivity index (χ4n) is 1.21. The van der Waals surface area contributed by atoms with Crippen LogP contribution < -0.4 is 5.73 Å². The van der Waals surface area contributed by atoms with E-state index < -0.39 is 0 Å². The quantitative estimate of drug-likeness (QED) is 0.752. The van der Waals surface area contributed by atoms with Gasteiger partial charge in [0.1, 0.15) is 10.7 Å². The Bertz CT molecular complexity index is 268. The van der Waals surface area contributed by atoms with Crippen molar-refractivity contribution in [2.24, 2.45) is 0 Å². The Morgan fingerprint density at radius 2 is 2.42 bits per heavy atom. The van der Waals surface area contributed by atoms with Gasteiger partial charge in [-0.05, 0) is 19.9 Å². The molecule has 1 fully saturated rings. The van der Waals surface area contributed by atoms with Crippen molar-refractivity contribution < 1.29 is 0 Å². The summed E-state index contributed by atoms with van der Waals surface area (Å²) < 4.78 is 3.79. The van der Waals surface area contributed by atoms with Crippen LogP contribution in [0.3, 0.4) is 0 Å². The van der Waals surface area contributed by atoms with Crippen molar-refractivity contribution in [1.29, 1.82) is 0 Å². The second-order valence-electron chi connectivity index (χ2n) is 3.23. The van der Waals surface area contributed by atoms with Crippen LogP contribution in [-0.2, 0) is 6.54 Å². The summed E-state index contributed by atoms with van der Waals surface area (Å²) in [6, 6.07) is 0.756. The largest absolute Gasteiger partial charge is 0.388 e. The molecule has 5 heteroatoms. The van der Waals surface area contributed by atoms with Crippen LogP contribution in [0.2, 0.25) is 0 Å². The van der Waals surface area contributed by atoms with E-state index in [0.717, 1.165) is 23.3 Å². The number of nitrogen functional groups attached to an aromatic ring is 1. The van der Waals surface area contributed by atoms with E-state index in [1.54, 1.807) is 0 Å². The SMILES string of the molecule is CN(Cc1nnsc1N)C1CC1. The zero-order chi connectivity index (χ0) is 8.55. The Labute approximate surface area is 75.5 Å². The minimum absolute atomic E-state index is 0.752. The lowest BCUT2D eigenvalue weighted by Crippen LogP contribution is -2.20. The maximum absolute atomic E-state index is 5.68. The molecule has 0 spiro atoms. The maximum atomic E-state index is 5.68. The lowest BCUT2D eigenvalue weighted by Gasteiger charge is -2.13. The van der Waals surface area contributed by atoms with Crippen molar-refractivity contribution in [3.8, 4) is 0 Å². The normalized spacial score (nSPS) is 17.2. The number of anilines is 1. The zero-order valence-electron chi connectivity index (χ0n) is 7.03. The van der Waals surface area contributed by atoms with Crippen LogP contribution in [0.1, 0.15) is 18.5 Å². The maximum Gasteiger partial charge on any atom is 0.132 e. The van der Waals surface area contributed by atoms with Crippen molar-refractivity contribution >= 4 is 16.5 Å². The first-order valence-electron chi connectivity index (χ1n) is 4.04. The van der Waals surface area contributed by atoms with Gasteiger partial charge in [-0.25, -0.2) is 0 Å². The van der Waals surface area contributed by atoms with Crippen LogP contribution in [0.25, 0.3) is 0 Å². The molecule has 1 aromatic rings. The topological polar surface area (TPSA) is 55.0 Å². The van der Waals surface area contributed by atoms with Gasteiger partial charge in [0.2, 0.25) is 0 Å². The molecule has 1 aliphatic carbocycles. The van der Waals surface area contributed by atoms with Crippen LogP contribution >= 0.6 is 11.5 Å². The molecule has 0 atom stereocenters. The molecule has 1 aliphatic rings. The van der Waals surface area contributed by atoms with E-state index in [-0.39, 0.29) is 0 Å².